The topological polar surface area (TPSA) is 12.0 Å². The molecule has 0 heterocycles. The molecule has 2 saturated carbocycles. The third-order valence-corrected chi connectivity index (χ3v) is 4.34. The fourth-order valence-corrected chi connectivity index (χ4v) is 3.19. The molecule has 0 aliphatic heterocycles. The van der Waals surface area contributed by atoms with Gasteiger partial charge in [0.05, 0.1) is 0 Å². The molecule has 13 heavy (non-hydrogen) atoms. The van der Waals surface area contributed by atoms with E-state index in [0.29, 0.717) is 22.8 Å². The van der Waals surface area contributed by atoms with Crippen LogP contribution in [0.25, 0.3) is 0 Å². The molecule has 0 aromatic heterocycles. The molecular formula is C10H17Cl2N. The van der Waals surface area contributed by atoms with E-state index in [9.17, 15) is 0 Å². The second-order valence-corrected chi connectivity index (χ2v) is 5.39. The maximum Gasteiger partial charge on any atom is 0.0489 e. The fourth-order valence-electron chi connectivity index (χ4n) is 2.48. The van der Waals surface area contributed by atoms with Gasteiger partial charge in [0, 0.05) is 22.8 Å². The molecular weight excluding hydrogens is 205 g/mol. The molecule has 2 rings (SSSR count). The number of halogens is 2. The standard InChI is InChI=1S/C10H17Cl2N/c11-7-3-1-5-9(7)13-10-6-2-4-8(10)12/h7-10,13H,1-6H2. The van der Waals surface area contributed by atoms with Crippen LogP contribution in [0.1, 0.15) is 38.5 Å². The van der Waals surface area contributed by atoms with Gasteiger partial charge in [0.15, 0.2) is 0 Å². The first-order valence-corrected chi connectivity index (χ1v) is 6.19. The molecule has 3 heteroatoms. The molecule has 1 nitrogen and oxygen atoms in total. The van der Waals surface area contributed by atoms with E-state index in [-0.39, 0.29) is 0 Å². The Kier molecular flexibility index (Phi) is 3.39. The zero-order valence-electron chi connectivity index (χ0n) is 7.81. The van der Waals surface area contributed by atoms with Gasteiger partial charge in [-0.25, -0.2) is 0 Å². The maximum absolute atomic E-state index is 6.20. The molecule has 0 aromatic rings. The largest absolute Gasteiger partial charge is 0.308 e. The summed E-state index contributed by atoms with van der Waals surface area (Å²) in [5, 5.41) is 4.29. The highest BCUT2D eigenvalue weighted by molar-refractivity contribution is 6.21. The zero-order chi connectivity index (χ0) is 9.26. The van der Waals surface area contributed by atoms with Gasteiger partial charge < -0.3 is 5.32 Å². The van der Waals surface area contributed by atoms with Gasteiger partial charge in [0.1, 0.15) is 0 Å². The highest BCUT2D eigenvalue weighted by Crippen LogP contribution is 2.29. The average molecular weight is 222 g/mol. The quantitative estimate of drug-likeness (QED) is 0.708. The van der Waals surface area contributed by atoms with E-state index in [1.807, 2.05) is 0 Å². The summed E-state index contributed by atoms with van der Waals surface area (Å²) in [6.07, 6.45) is 7.33. The first-order valence-electron chi connectivity index (χ1n) is 5.31. The molecule has 0 aromatic carbocycles. The van der Waals surface area contributed by atoms with Crippen molar-refractivity contribution in [3.8, 4) is 0 Å². The summed E-state index contributed by atoms with van der Waals surface area (Å²) in [5.41, 5.74) is 0. The predicted octanol–water partition coefficient (Wildman–Crippen LogP) is 2.90. The summed E-state index contributed by atoms with van der Waals surface area (Å²) >= 11 is 12.4. The van der Waals surface area contributed by atoms with Crippen LogP contribution in [0.3, 0.4) is 0 Å². The van der Waals surface area contributed by atoms with E-state index in [2.05, 4.69) is 5.32 Å². The minimum Gasteiger partial charge on any atom is -0.308 e. The summed E-state index contributed by atoms with van der Waals surface area (Å²) in [5.74, 6) is 0. The maximum atomic E-state index is 6.20. The Morgan fingerprint density at radius 1 is 0.769 bits per heavy atom. The smallest absolute Gasteiger partial charge is 0.0489 e. The minimum absolute atomic E-state index is 0.337. The van der Waals surface area contributed by atoms with Crippen LogP contribution in [0.2, 0.25) is 0 Å². The molecule has 0 saturated heterocycles. The van der Waals surface area contributed by atoms with Crippen LogP contribution in [-0.4, -0.2) is 22.8 Å². The Morgan fingerprint density at radius 2 is 1.23 bits per heavy atom. The third kappa shape index (κ3) is 2.31. The highest BCUT2D eigenvalue weighted by atomic mass is 35.5. The first-order chi connectivity index (χ1) is 6.27. The van der Waals surface area contributed by atoms with Crippen molar-refractivity contribution in [2.45, 2.75) is 61.4 Å². The molecule has 2 fully saturated rings. The van der Waals surface area contributed by atoms with Crippen LogP contribution in [-0.2, 0) is 0 Å². The van der Waals surface area contributed by atoms with Crippen molar-refractivity contribution in [1.82, 2.24) is 5.32 Å². The lowest BCUT2D eigenvalue weighted by molar-refractivity contribution is 0.441. The summed E-state index contributed by atoms with van der Waals surface area (Å²) < 4.78 is 0. The molecule has 0 spiro atoms. The van der Waals surface area contributed by atoms with Gasteiger partial charge >= 0.3 is 0 Å². The monoisotopic (exact) mass is 221 g/mol. The fraction of sp³-hybridized carbons (Fsp3) is 1.00. The van der Waals surface area contributed by atoms with Crippen molar-refractivity contribution >= 4 is 23.2 Å². The SMILES string of the molecule is ClC1CCCC1NC1CCCC1Cl. The van der Waals surface area contributed by atoms with Gasteiger partial charge in [-0.15, -0.1) is 23.2 Å². The Morgan fingerprint density at radius 3 is 1.54 bits per heavy atom. The van der Waals surface area contributed by atoms with Crippen LogP contribution in [0.4, 0.5) is 0 Å². The number of alkyl halides is 2. The van der Waals surface area contributed by atoms with Gasteiger partial charge in [-0.05, 0) is 25.7 Å². The minimum atomic E-state index is 0.337. The summed E-state index contributed by atoms with van der Waals surface area (Å²) in [7, 11) is 0. The number of rotatable bonds is 2. The van der Waals surface area contributed by atoms with E-state index in [0.717, 1.165) is 0 Å². The second-order valence-electron chi connectivity index (χ2n) is 4.27. The number of hydrogen-bond acceptors (Lipinski definition) is 1. The normalized spacial score (nSPS) is 45.7. The number of nitrogens with one attached hydrogen (secondary N) is 1. The van der Waals surface area contributed by atoms with Crippen molar-refractivity contribution < 1.29 is 0 Å². The van der Waals surface area contributed by atoms with Gasteiger partial charge in [0.2, 0.25) is 0 Å². The van der Waals surface area contributed by atoms with E-state index in [1.165, 1.54) is 38.5 Å². The van der Waals surface area contributed by atoms with E-state index < -0.39 is 0 Å². The van der Waals surface area contributed by atoms with E-state index in [1.54, 1.807) is 0 Å². The summed E-state index contributed by atoms with van der Waals surface area (Å²) in [6, 6.07) is 1.04. The van der Waals surface area contributed by atoms with Gasteiger partial charge in [-0.3, -0.25) is 0 Å². The van der Waals surface area contributed by atoms with Crippen molar-refractivity contribution in [1.29, 1.82) is 0 Å². The van der Waals surface area contributed by atoms with Crippen LogP contribution >= 0.6 is 23.2 Å². The lowest BCUT2D eigenvalue weighted by atomic mass is 10.2. The van der Waals surface area contributed by atoms with E-state index in [4.69, 9.17) is 23.2 Å². The van der Waals surface area contributed by atoms with Gasteiger partial charge in [-0.1, -0.05) is 12.8 Å². The molecule has 4 atom stereocenters. The van der Waals surface area contributed by atoms with Crippen LogP contribution in [0, 0.1) is 0 Å². The predicted molar refractivity (Wildman–Crippen MR) is 57.7 cm³/mol. The molecule has 4 unspecified atom stereocenters. The average Bonchev–Trinajstić information content (AvgIpc) is 2.65. The van der Waals surface area contributed by atoms with Crippen LogP contribution < -0.4 is 5.32 Å². The van der Waals surface area contributed by atoms with Crippen molar-refractivity contribution in [3.63, 3.8) is 0 Å². The first kappa shape index (κ1) is 10.1. The third-order valence-electron chi connectivity index (χ3n) is 3.29. The molecule has 1 N–H and O–H groups in total. The zero-order valence-corrected chi connectivity index (χ0v) is 9.32. The molecule has 2 aliphatic rings. The van der Waals surface area contributed by atoms with Crippen LogP contribution in [0.15, 0.2) is 0 Å². The Labute approximate surface area is 90.2 Å². The van der Waals surface area contributed by atoms with Crippen molar-refractivity contribution in [2.24, 2.45) is 0 Å². The van der Waals surface area contributed by atoms with Crippen molar-refractivity contribution in [3.05, 3.63) is 0 Å². The summed E-state index contributed by atoms with van der Waals surface area (Å²) in [4.78, 5) is 0. The molecule has 0 amide bonds. The molecule has 76 valence electrons. The van der Waals surface area contributed by atoms with Gasteiger partial charge in [0.25, 0.3) is 0 Å². The van der Waals surface area contributed by atoms with Crippen LogP contribution in [0.5, 0.6) is 0 Å². The number of hydrogen-bond donors (Lipinski definition) is 1. The van der Waals surface area contributed by atoms with E-state index >= 15 is 0 Å². The Balaban J connectivity index is 1.82. The second kappa shape index (κ2) is 4.37. The highest BCUT2D eigenvalue weighted by Gasteiger charge is 2.31. The molecule has 0 bridgehead atoms. The Bertz CT molecular complexity index is 156. The lowest BCUT2D eigenvalue weighted by Crippen LogP contribution is -2.43. The summed E-state index contributed by atoms with van der Waals surface area (Å²) in [6.45, 7) is 0. The Hall–Kier alpha value is 0.540. The van der Waals surface area contributed by atoms with Crippen molar-refractivity contribution in [2.75, 3.05) is 0 Å². The lowest BCUT2D eigenvalue weighted by Gasteiger charge is -2.23. The molecule has 2 aliphatic carbocycles. The van der Waals surface area contributed by atoms with Gasteiger partial charge in [-0.2, -0.15) is 0 Å². The molecule has 0 radical (unpaired) electrons.